The zero-order chi connectivity index (χ0) is 15.4. The van der Waals surface area contributed by atoms with Gasteiger partial charge in [-0.25, -0.2) is 0 Å². The zero-order valence-electron chi connectivity index (χ0n) is 14.2. The van der Waals surface area contributed by atoms with Crippen LogP contribution in [0.1, 0.15) is 71.1 Å². The van der Waals surface area contributed by atoms with Crippen molar-refractivity contribution >= 4 is 0 Å². The van der Waals surface area contributed by atoms with Gasteiger partial charge in [0.15, 0.2) is 0 Å². The number of fused-ring (bicyclic) bond motifs is 5. The topological polar surface area (TPSA) is 20.2 Å². The molecule has 0 amide bonds. The predicted molar refractivity (Wildman–Crippen MR) is 91.5 cm³/mol. The van der Waals surface area contributed by atoms with Crippen LogP contribution in [0.4, 0.5) is 0 Å². The standard InChI is InChI=1S/C21H32O/c1-3-12-21(22)14-11-19-18-9-8-15-6-4-5-7-16(15)17(18)10-13-20(19,21)2/h3,6,16-19,22H,1,4-5,7-14H2,2H3/t16-,17?,18+,19?,20-,21-/m0/s1. The monoisotopic (exact) mass is 300 g/mol. The van der Waals surface area contributed by atoms with Crippen molar-refractivity contribution in [2.24, 2.45) is 29.1 Å². The highest BCUT2D eigenvalue weighted by atomic mass is 16.3. The summed E-state index contributed by atoms with van der Waals surface area (Å²) in [5.41, 5.74) is 1.46. The van der Waals surface area contributed by atoms with Crippen molar-refractivity contribution < 1.29 is 5.11 Å². The lowest BCUT2D eigenvalue weighted by Gasteiger charge is -2.55. The fourth-order valence-corrected chi connectivity index (χ4v) is 6.99. The Morgan fingerprint density at radius 2 is 2.09 bits per heavy atom. The number of rotatable bonds is 2. The molecule has 0 heterocycles. The van der Waals surface area contributed by atoms with E-state index in [-0.39, 0.29) is 5.41 Å². The summed E-state index contributed by atoms with van der Waals surface area (Å²) in [4.78, 5) is 0. The molecule has 0 bridgehead atoms. The first-order chi connectivity index (χ1) is 10.6. The lowest BCUT2D eigenvalue weighted by atomic mass is 9.50. The van der Waals surface area contributed by atoms with Crippen LogP contribution in [0, 0.1) is 29.1 Å². The Balaban J connectivity index is 1.62. The van der Waals surface area contributed by atoms with Crippen LogP contribution in [0.3, 0.4) is 0 Å². The third-order valence-corrected chi connectivity index (χ3v) is 8.18. The molecule has 3 saturated carbocycles. The van der Waals surface area contributed by atoms with E-state index in [2.05, 4.69) is 19.6 Å². The highest BCUT2D eigenvalue weighted by Gasteiger charge is 2.61. The molecule has 0 radical (unpaired) electrons. The van der Waals surface area contributed by atoms with Gasteiger partial charge in [0.25, 0.3) is 0 Å². The summed E-state index contributed by atoms with van der Waals surface area (Å²) in [7, 11) is 0. The maximum absolute atomic E-state index is 11.3. The van der Waals surface area contributed by atoms with Crippen LogP contribution in [0.5, 0.6) is 0 Å². The Hall–Kier alpha value is -0.560. The van der Waals surface area contributed by atoms with E-state index in [4.69, 9.17) is 0 Å². The number of allylic oxidation sites excluding steroid dienone is 2. The van der Waals surface area contributed by atoms with E-state index in [1.807, 2.05) is 6.08 Å². The van der Waals surface area contributed by atoms with Crippen molar-refractivity contribution in [2.75, 3.05) is 0 Å². The minimum atomic E-state index is -0.479. The van der Waals surface area contributed by atoms with Gasteiger partial charge in [-0.2, -0.15) is 0 Å². The fraction of sp³-hybridized carbons (Fsp3) is 0.810. The van der Waals surface area contributed by atoms with Crippen LogP contribution in [0.15, 0.2) is 24.3 Å². The van der Waals surface area contributed by atoms with Crippen LogP contribution in [-0.2, 0) is 0 Å². The van der Waals surface area contributed by atoms with Crippen molar-refractivity contribution in [2.45, 2.75) is 76.7 Å². The maximum atomic E-state index is 11.3. The van der Waals surface area contributed by atoms with E-state index >= 15 is 0 Å². The summed E-state index contributed by atoms with van der Waals surface area (Å²) in [6.07, 6.45) is 17.0. The first-order valence-corrected chi connectivity index (χ1v) is 9.61. The Morgan fingerprint density at radius 1 is 1.23 bits per heavy atom. The van der Waals surface area contributed by atoms with E-state index in [1.165, 1.54) is 51.4 Å². The van der Waals surface area contributed by atoms with Crippen LogP contribution in [0.2, 0.25) is 0 Å². The Morgan fingerprint density at radius 3 is 2.91 bits per heavy atom. The van der Waals surface area contributed by atoms with Crippen LogP contribution < -0.4 is 0 Å². The average Bonchev–Trinajstić information content (AvgIpc) is 2.79. The number of hydrogen-bond donors (Lipinski definition) is 1. The lowest BCUT2D eigenvalue weighted by molar-refractivity contribution is -0.115. The molecule has 0 aliphatic heterocycles. The summed E-state index contributed by atoms with van der Waals surface area (Å²) in [6, 6.07) is 0. The molecule has 22 heavy (non-hydrogen) atoms. The van der Waals surface area contributed by atoms with Crippen molar-refractivity contribution in [3.05, 3.63) is 24.3 Å². The summed E-state index contributed by atoms with van der Waals surface area (Å²) >= 11 is 0. The molecular weight excluding hydrogens is 268 g/mol. The molecule has 4 rings (SSSR count). The van der Waals surface area contributed by atoms with Gasteiger partial charge in [0.2, 0.25) is 0 Å². The molecule has 0 aromatic carbocycles. The first-order valence-electron chi connectivity index (χ1n) is 9.61. The van der Waals surface area contributed by atoms with Gasteiger partial charge in [0.05, 0.1) is 5.60 Å². The van der Waals surface area contributed by atoms with Gasteiger partial charge < -0.3 is 5.11 Å². The molecule has 4 aliphatic rings. The maximum Gasteiger partial charge on any atom is 0.0738 e. The molecule has 1 nitrogen and oxygen atoms in total. The van der Waals surface area contributed by atoms with Gasteiger partial charge in [0.1, 0.15) is 0 Å². The SMILES string of the molecule is C=CC[C@]1(O)CCC2[C@@H]3CCC4=CCCC[C@@H]4C3CC[C@@]21C. The lowest BCUT2D eigenvalue weighted by Crippen LogP contribution is -2.52. The molecule has 3 fully saturated rings. The summed E-state index contributed by atoms with van der Waals surface area (Å²) in [5, 5.41) is 11.3. The van der Waals surface area contributed by atoms with Crippen molar-refractivity contribution in [1.29, 1.82) is 0 Å². The summed E-state index contributed by atoms with van der Waals surface area (Å²) in [6.45, 7) is 6.31. The molecule has 0 aromatic rings. The van der Waals surface area contributed by atoms with Gasteiger partial charge in [-0.15, -0.1) is 6.58 Å². The largest absolute Gasteiger partial charge is 0.389 e. The van der Waals surface area contributed by atoms with Gasteiger partial charge >= 0.3 is 0 Å². The average molecular weight is 300 g/mol. The van der Waals surface area contributed by atoms with Crippen LogP contribution in [-0.4, -0.2) is 10.7 Å². The predicted octanol–water partition coefficient (Wildman–Crippen LogP) is 5.26. The Bertz CT molecular complexity index is 492. The highest BCUT2D eigenvalue weighted by Crippen LogP contribution is 2.65. The highest BCUT2D eigenvalue weighted by molar-refractivity contribution is 5.20. The van der Waals surface area contributed by atoms with Crippen molar-refractivity contribution in [1.82, 2.24) is 0 Å². The number of hydrogen-bond acceptors (Lipinski definition) is 1. The third kappa shape index (κ3) is 1.94. The van der Waals surface area contributed by atoms with E-state index in [9.17, 15) is 5.11 Å². The molecule has 1 N–H and O–H groups in total. The van der Waals surface area contributed by atoms with Crippen LogP contribution >= 0.6 is 0 Å². The quantitative estimate of drug-likeness (QED) is 0.690. The number of aliphatic hydroxyl groups is 1. The van der Waals surface area contributed by atoms with Gasteiger partial charge in [-0.3, -0.25) is 0 Å². The Labute approximate surface area is 135 Å². The molecule has 0 spiro atoms. The molecule has 2 unspecified atom stereocenters. The minimum Gasteiger partial charge on any atom is -0.389 e. The second kappa shape index (κ2) is 5.23. The molecule has 0 aromatic heterocycles. The molecule has 4 aliphatic carbocycles. The molecule has 0 saturated heterocycles. The summed E-state index contributed by atoms with van der Waals surface area (Å²) in [5.74, 6) is 3.44. The minimum absolute atomic E-state index is 0.137. The first kappa shape index (κ1) is 15.0. The molecule has 6 atom stereocenters. The van der Waals surface area contributed by atoms with Gasteiger partial charge in [0, 0.05) is 0 Å². The second-order valence-electron chi connectivity index (χ2n) is 8.81. The molecule has 1 heteroatoms. The van der Waals surface area contributed by atoms with Crippen molar-refractivity contribution in [3.8, 4) is 0 Å². The van der Waals surface area contributed by atoms with Crippen molar-refractivity contribution in [3.63, 3.8) is 0 Å². The third-order valence-electron chi connectivity index (χ3n) is 8.18. The molecular formula is C21H32O. The van der Waals surface area contributed by atoms with E-state index in [0.717, 1.165) is 36.5 Å². The van der Waals surface area contributed by atoms with E-state index < -0.39 is 5.60 Å². The normalized spacial score (nSPS) is 50.5. The van der Waals surface area contributed by atoms with E-state index in [0.29, 0.717) is 0 Å². The second-order valence-corrected chi connectivity index (χ2v) is 8.81. The smallest absolute Gasteiger partial charge is 0.0738 e. The van der Waals surface area contributed by atoms with E-state index in [1.54, 1.807) is 5.57 Å². The summed E-state index contributed by atoms with van der Waals surface area (Å²) < 4.78 is 0. The van der Waals surface area contributed by atoms with Gasteiger partial charge in [-0.1, -0.05) is 24.6 Å². The Kier molecular flexibility index (Phi) is 3.56. The van der Waals surface area contributed by atoms with Crippen LogP contribution in [0.25, 0.3) is 0 Å². The zero-order valence-corrected chi connectivity index (χ0v) is 14.2. The fourth-order valence-electron chi connectivity index (χ4n) is 6.99. The molecule has 122 valence electrons. The van der Waals surface area contributed by atoms with Gasteiger partial charge in [-0.05, 0) is 93.3 Å².